The molecule has 42 valence electrons. The summed E-state index contributed by atoms with van der Waals surface area (Å²) in [6, 6.07) is 0. The predicted octanol–water partition coefficient (Wildman–Crippen LogP) is -1.22. The maximum Gasteiger partial charge on any atom is 0.106 e. The number of hydrogen-bond donors (Lipinski definition) is 2. The van der Waals surface area contributed by atoms with Crippen molar-refractivity contribution in [2.24, 2.45) is 5.84 Å². The van der Waals surface area contributed by atoms with Crippen molar-refractivity contribution in [3.05, 3.63) is 0 Å². The van der Waals surface area contributed by atoms with Crippen LogP contribution in [-0.2, 0) is 9.57 Å². The SMILES string of the molecule is NNOCC1CO1. The fourth-order valence-electron chi connectivity index (χ4n) is 0.305. The Balaban J connectivity index is 1.80. The summed E-state index contributed by atoms with van der Waals surface area (Å²) in [4.78, 5) is 4.56. The van der Waals surface area contributed by atoms with Gasteiger partial charge in [0.25, 0.3) is 0 Å². The minimum absolute atomic E-state index is 0.288. The summed E-state index contributed by atoms with van der Waals surface area (Å²) >= 11 is 0. The van der Waals surface area contributed by atoms with Crippen molar-refractivity contribution in [3.63, 3.8) is 0 Å². The van der Waals surface area contributed by atoms with Crippen LogP contribution in [0.25, 0.3) is 0 Å². The Morgan fingerprint density at radius 2 is 2.71 bits per heavy atom. The molecule has 0 radical (unpaired) electrons. The van der Waals surface area contributed by atoms with Gasteiger partial charge in [0.05, 0.1) is 13.2 Å². The number of epoxide rings is 1. The quantitative estimate of drug-likeness (QED) is 0.268. The molecule has 1 heterocycles. The minimum atomic E-state index is 0.288. The molecule has 1 aliphatic rings. The highest BCUT2D eigenvalue weighted by atomic mass is 16.7. The van der Waals surface area contributed by atoms with E-state index >= 15 is 0 Å². The van der Waals surface area contributed by atoms with Crippen molar-refractivity contribution >= 4 is 0 Å². The molecule has 0 amide bonds. The molecule has 1 aliphatic heterocycles. The molecule has 1 fully saturated rings. The second kappa shape index (κ2) is 2.23. The Bertz CT molecular complexity index is 54.9. The fraction of sp³-hybridized carbons (Fsp3) is 1.00. The molecule has 0 bridgehead atoms. The van der Waals surface area contributed by atoms with Gasteiger partial charge >= 0.3 is 0 Å². The number of ether oxygens (including phenoxy) is 1. The van der Waals surface area contributed by atoms with E-state index in [1.165, 1.54) is 0 Å². The highest BCUT2D eigenvalue weighted by Crippen LogP contribution is 2.06. The third kappa shape index (κ3) is 1.84. The van der Waals surface area contributed by atoms with E-state index in [-0.39, 0.29) is 6.10 Å². The molecule has 1 atom stereocenters. The van der Waals surface area contributed by atoms with Crippen molar-refractivity contribution in [2.45, 2.75) is 6.10 Å². The highest BCUT2D eigenvalue weighted by Gasteiger charge is 2.22. The molecule has 4 nitrogen and oxygen atoms in total. The molecule has 7 heavy (non-hydrogen) atoms. The van der Waals surface area contributed by atoms with Gasteiger partial charge in [-0.3, -0.25) is 4.84 Å². The lowest BCUT2D eigenvalue weighted by molar-refractivity contribution is 0.0308. The van der Waals surface area contributed by atoms with Gasteiger partial charge in [0.1, 0.15) is 6.10 Å². The van der Waals surface area contributed by atoms with Crippen LogP contribution in [0, 0.1) is 0 Å². The molecule has 0 aromatic rings. The molecule has 0 saturated carbocycles. The van der Waals surface area contributed by atoms with Crippen LogP contribution >= 0.6 is 0 Å². The Morgan fingerprint density at radius 1 is 2.00 bits per heavy atom. The highest BCUT2D eigenvalue weighted by molar-refractivity contribution is 4.66. The first-order chi connectivity index (χ1) is 3.43. The van der Waals surface area contributed by atoms with E-state index in [2.05, 4.69) is 10.4 Å². The fourth-order valence-corrected chi connectivity index (χ4v) is 0.305. The van der Waals surface area contributed by atoms with Crippen LogP contribution in [-0.4, -0.2) is 19.3 Å². The smallest absolute Gasteiger partial charge is 0.106 e. The van der Waals surface area contributed by atoms with Gasteiger partial charge in [0.15, 0.2) is 0 Å². The van der Waals surface area contributed by atoms with Crippen molar-refractivity contribution in [1.82, 2.24) is 5.59 Å². The lowest BCUT2D eigenvalue weighted by Crippen LogP contribution is -2.24. The molecule has 0 aromatic heterocycles. The summed E-state index contributed by atoms with van der Waals surface area (Å²) < 4.78 is 4.79. The molecule has 4 heteroatoms. The van der Waals surface area contributed by atoms with Gasteiger partial charge < -0.3 is 4.74 Å². The third-order valence-corrected chi connectivity index (χ3v) is 0.755. The van der Waals surface area contributed by atoms with E-state index in [0.717, 1.165) is 6.61 Å². The summed E-state index contributed by atoms with van der Waals surface area (Å²) in [6.07, 6.45) is 0.288. The zero-order valence-electron chi connectivity index (χ0n) is 3.89. The Morgan fingerprint density at radius 3 is 3.14 bits per heavy atom. The second-order valence-corrected chi connectivity index (χ2v) is 1.38. The first-order valence-electron chi connectivity index (χ1n) is 2.12. The summed E-state index contributed by atoms with van der Waals surface area (Å²) in [5, 5.41) is 0. The van der Waals surface area contributed by atoms with E-state index in [9.17, 15) is 0 Å². The van der Waals surface area contributed by atoms with E-state index in [0.29, 0.717) is 6.61 Å². The first kappa shape index (κ1) is 4.99. The van der Waals surface area contributed by atoms with Crippen molar-refractivity contribution < 1.29 is 9.57 Å². The average Bonchev–Trinajstić information content (AvgIpc) is 2.42. The number of hydrazine groups is 1. The first-order valence-corrected chi connectivity index (χ1v) is 2.12. The lowest BCUT2D eigenvalue weighted by atomic mass is 10.5. The van der Waals surface area contributed by atoms with Gasteiger partial charge in [-0.2, -0.15) is 0 Å². The van der Waals surface area contributed by atoms with Crippen molar-refractivity contribution in [3.8, 4) is 0 Å². The van der Waals surface area contributed by atoms with Crippen molar-refractivity contribution in [1.29, 1.82) is 0 Å². The monoisotopic (exact) mass is 104 g/mol. The van der Waals surface area contributed by atoms with Gasteiger partial charge in [0.2, 0.25) is 0 Å². The maximum atomic E-state index is 4.79. The third-order valence-electron chi connectivity index (χ3n) is 0.755. The largest absolute Gasteiger partial charge is 0.371 e. The molecular weight excluding hydrogens is 96.0 g/mol. The summed E-state index contributed by atoms with van der Waals surface area (Å²) in [5.74, 6) is 4.78. The summed E-state index contributed by atoms with van der Waals surface area (Å²) in [7, 11) is 0. The average molecular weight is 104 g/mol. The van der Waals surface area contributed by atoms with Crippen molar-refractivity contribution in [2.75, 3.05) is 13.2 Å². The normalized spacial score (nSPS) is 27.9. The summed E-state index contributed by atoms with van der Waals surface area (Å²) in [6.45, 7) is 1.36. The predicted molar refractivity (Wildman–Crippen MR) is 23.0 cm³/mol. The van der Waals surface area contributed by atoms with Crippen LogP contribution in [0.2, 0.25) is 0 Å². The molecule has 1 saturated heterocycles. The number of nitrogens with two attached hydrogens (primary N) is 1. The molecular formula is C3H8N2O2. The Kier molecular flexibility index (Phi) is 1.59. The number of hydrogen-bond acceptors (Lipinski definition) is 4. The van der Waals surface area contributed by atoms with E-state index < -0.39 is 0 Å². The van der Waals surface area contributed by atoms with Crippen LogP contribution in [0.1, 0.15) is 0 Å². The zero-order valence-corrected chi connectivity index (χ0v) is 3.89. The molecule has 1 rings (SSSR count). The van der Waals surface area contributed by atoms with Crippen LogP contribution in [0.15, 0.2) is 0 Å². The molecule has 0 spiro atoms. The number of nitrogens with one attached hydrogen (secondary N) is 1. The van der Waals surface area contributed by atoms with Gasteiger partial charge in [0, 0.05) is 0 Å². The minimum Gasteiger partial charge on any atom is -0.371 e. The van der Waals surface area contributed by atoms with Gasteiger partial charge in [-0.1, -0.05) is 0 Å². The maximum absolute atomic E-state index is 4.79. The standard InChI is InChI=1S/C3H8N2O2/c4-5-7-2-3-1-6-3/h3,5H,1-2,4H2. The number of rotatable bonds is 3. The molecule has 0 aromatic carbocycles. The summed E-state index contributed by atoms with van der Waals surface area (Å²) in [5.41, 5.74) is 2.06. The topological polar surface area (TPSA) is 59.8 Å². The lowest BCUT2D eigenvalue weighted by Gasteiger charge is -1.92. The zero-order chi connectivity index (χ0) is 5.11. The molecule has 1 unspecified atom stereocenters. The Hall–Kier alpha value is -0.160. The second-order valence-electron chi connectivity index (χ2n) is 1.38. The van der Waals surface area contributed by atoms with Gasteiger partial charge in [-0.25, -0.2) is 5.84 Å². The van der Waals surface area contributed by atoms with E-state index in [1.807, 2.05) is 0 Å². The van der Waals surface area contributed by atoms with Gasteiger partial charge in [-0.05, 0) is 0 Å². The Labute approximate surface area is 41.5 Å². The van der Waals surface area contributed by atoms with E-state index in [4.69, 9.17) is 10.6 Å². The van der Waals surface area contributed by atoms with Crippen LogP contribution in [0.3, 0.4) is 0 Å². The van der Waals surface area contributed by atoms with E-state index in [1.54, 1.807) is 0 Å². The van der Waals surface area contributed by atoms with Crippen LogP contribution in [0.4, 0.5) is 0 Å². The van der Waals surface area contributed by atoms with Crippen LogP contribution < -0.4 is 11.4 Å². The molecule has 3 N–H and O–H groups in total. The molecule has 0 aliphatic carbocycles. The van der Waals surface area contributed by atoms with Gasteiger partial charge in [-0.15, -0.1) is 5.59 Å². The van der Waals surface area contributed by atoms with Crippen LogP contribution in [0.5, 0.6) is 0 Å².